The zero-order chi connectivity index (χ0) is 17.7. The van der Waals surface area contributed by atoms with Crippen LogP contribution in [0.15, 0.2) is 24.3 Å². The molecule has 1 saturated heterocycles. The number of nitrogen functional groups attached to an aromatic ring is 1. The molecule has 3 amide bonds. The number of amides is 3. The zero-order valence-electron chi connectivity index (χ0n) is 12.9. The molecule has 0 aromatic heterocycles. The Morgan fingerprint density at radius 1 is 1.33 bits per heavy atom. The minimum absolute atomic E-state index is 0.0353. The van der Waals surface area contributed by atoms with Gasteiger partial charge in [-0.1, -0.05) is 24.3 Å². The third-order valence-electron chi connectivity index (χ3n) is 3.60. The number of urea groups is 1. The fourth-order valence-corrected chi connectivity index (χ4v) is 2.37. The number of imide groups is 1. The molecular formula is C15H19N5O4. The SMILES string of the molecule is N=C(N)c1ccc(CC2NC(=O)N(CCNCC(=O)O)C2=O)cc1. The lowest BCUT2D eigenvalue weighted by Crippen LogP contribution is -2.38. The van der Waals surface area contributed by atoms with E-state index in [1.165, 1.54) is 0 Å². The van der Waals surface area contributed by atoms with Crippen molar-refractivity contribution in [1.29, 1.82) is 5.41 Å². The number of carbonyl (C=O) groups is 3. The number of rotatable bonds is 8. The topological polar surface area (TPSA) is 149 Å². The maximum absolute atomic E-state index is 12.3. The summed E-state index contributed by atoms with van der Waals surface area (Å²) in [5, 5.41) is 21.1. The van der Waals surface area contributed by atoms with Crippen LogP contribution in [-0.4, -0.2) is 59.4 Å². The highest BCUT2D eigenvalue weighted by atomic mass is 16.4. The van der Waals surface area contributed by atoms with E-state index in [1.54, 1.807) is 24.3 Å². The van der Waals surface area contributed by atoms with Gasteiger partial charge in [-0.2, -0.15) is 0 Å². The summed E-state index contributed by atoms with van der Waals surface area (Å²) < 4.78 is 0. The number of aliphatic carboxylic acids is 1. The molecule has 1 unspecified atom stereocenters. The highest BCUT2D eigenvalue weighted by Crippen LogP contribution is 2.13. The first-order valence-electron chi connectivity index (χ1n) is 7.36. The van der Waals surface area contributed by atoms with Crippen LogP contribution < -0.4 is 16.4 Å². The molecule has 128 valence electrons. The number of hydrogen-bond acceptors (Lipinski definition) is 5. The molecule has 1 atom stereocenters. The molecule has 1 fully saturated rings. The third kappa shape index (κ3) is 4.29. The van der Waals surface area contributed by atoms with Gasteiger partial charge in [-0.3, -0.25) is 19.9 Å². The second kappa shape index (κ2) is 7.55. The van der Waals surface area contributed by atoms with Crippen molar-refractivity contribution >= 4 is 23.7 Å². The summed E-state index contributed by atoms with van der Waals surface area (Å²) >= 11 is 0. The summed E-state index contributed by atoms with van der Waals surface area (Å²) in [4.78, 5) is 35.6. The average Bonchev–Trinajstić information content (AvgIpc) is 2.78. The van der Waals surface area contributed by atoms with E-state index in [9.17, 15) is 14.4 Å². The Bertz CT molecular complexity index is 658. The molecule has 1 aromatic carbocycles. The van der Waals surface area contributed by atoms with Gasteiger partial charge in [-0.05, 0) is 5.56 Å². The number of nitrogens with two attached hydrogens (primary N) is 1. The van der Waals surface area contributed by atoms with E-state index in [2.05, 4.69) is 10.6 Å². The Morgan fingerprint density at radius 2 is 2.00 bits per heavy atom. The van der Waals surface area contributed by atoms with Gasteiger partial charge in [0.15, 0.2) is 0 Å². The molecule has 9 nitrogen and oxygen atoms in total. The van der Waals surface area contributed by atoms with Gasteiger partial charge in [0.25, 0.3) is 5.91 Å². The predicted octanol–water partition coefficient (Wildman–Crippen LogP) is -0.892. The average molecular weight is 333 g/mol. The van der Waals surface area contributed by atoms with Gasteiger partial charge >= 0.3 is 12.0 Å². The van der Waals surface area contributed by atoms with Crippen LogP contribution in [0, 0.1) is 5.41 Å². The van der Waals surface area contributed by atoms with Crippen LogP contribution in [0.3, 0.4) is 0 Å². The number of hydrogen-bond donors (Lipinski definition) is 5. The second-order valence-corrected chi connectivity index (χ2v) is 5.38. The Kier molecular flexibility index (Phi) is 5.48. The van der Waals surface area contributed by atoms with Crippen LogP contribution in [0.25, 0.3) is 0 Å². The monoisotopic (exact) mass is 333 g/mol. The normalized spacial score (nSPS) is 17.0. The van der Waals surface area contributed by atoms with Gasteiger partial charge in [-0.15, -0.1) is 0 Å². The van der Waals surface area contributed by atoms with Crippen molar-refractivity contribution in [3.05, 3.63) is 35.4 Å². The summed E-state index contributed by atoms with van der Waals surface area (Å²) in [6.45, 7) is 0.0960. The molecule has 6 N–H and O–H groups in total. The fraction of sp³-hybridized carbons (Fsp3) is 0.333. The smallest absolute Gasteiger partial charge is 0.324 e. The molecule has 1 aliphatic heterocycles. The van der Waals surface area contributed by atoms with E-state index in [0.29, 0.717) is 12.0 Å². The first-order chi connectivity index (χ1) is 11.4. The highest BCUT2D eigenvalue weighted by Gasteiger charge is 2.37. The number of nitrogens with one attached hydrogen (secondary N) is 3. The zero-order valence-corrected chi connectivity index (χ0v) is 12.9. The number of nitrogens with zero attached hydrogens (tertiary/aromatic N) is 1. The Morgan fingerprint density at radius 3 is 2.58 bits per heavy atom. The van der Waals surface area contributed by atoms with Gasteiger partial charge in [0.1, 0.15) is 11.9 Å². The minimum Gasteiger partial charge on any atom is -0.480 e. The molecule has 1 aromatic rings. The molecule has 0 saturated carbocycles. The summed E-state index contributed by atoms with van der Waals surface area (Å²) in [6.07, 6.45) is 0.335. The highest BCUT2D eigenvalue weighted by molar-refractivity contribution is 6.04. The second-order valence-electron chi connectivity index (χ2n) is 5.38. The number of carboxylic acid groups (broad SMARTS) is 1. The van der Waals surface area contributed by atoms with Crippen molar-refractivity contribution in [2.75, 3.05) is 19.6 Å². The van der Waals surface area contributed by atoms with Crippen LogP contribution in [-0.2, 0) is 16.0 Å². The van der Waals surface area contributed by atoms with Crippen LogP contribution >= 0.6 is 0 Å². The maximum Gasteiger partial charge on any atom is 0.324 e. The van der Waals surface area contributed by atoms with Crippen LogP contribution in [0.4, 0.5) is 4.79 Å². The van der Waals surface area contributed by atoms with E-state index in [-0.39, 0.29) is 31.4 Å². The summed E-state index contributed by atoms with van der Waals surface area (Å²) in [6, 6.07) is 5.75. The number of amidine groups is 1. The van der Waals surface area contributed by atoms with Crippen molar-refractivity contribution in [3.8, 4) is 0 Å². The van der Waals surface area contributed by atoms with E-state index in [0.717, 1.165) is 10.5 Å². The maximum atomic E-state index is 12.3. The lowest BCUT2D eigenvalue weighted by atomic mass is 10.0. The quantitative estimate of drug-likeness (QED) is 0.180. The summed E-state index contributed by atoms with van der Waals surface area (Å²) in [5.41, 5.74) is 6.81. The Balaban J connectivity index is 1.90. The predicted molar refractivity (Wildman–Crippen MR) is 85.7 cm³/mol. The van der Waals surface area contributed by atoms with Crippen LogP contribution in [0.2, 0.25) is 0 Å². The first-order valence-corrected chi connectivity index (χ1v) is 7.36. The van der Waals surface area contributed by atoms with Crippen molar-refractivity contribution in [2.24, 2.45) is 5.73 Å². The van der Waals surface area contributed by atoms with Gasteiger partial charge in [0.2, 0.25) is 0 Å². The standard InChI is InChI=1S/C15H19N5O4/c16-13(17)10-3-1-9(2-4-10)7-11-14(23)20(15(24)19-11)6-5-18-8-12(21)22/h1-4,11,18H,5-8H2,(H3,16,17)(H,19,24)(H,21,22). The van der Waals surface area contributed by atoms with Gasteiger partial charge in [0.05, 0.1) is 6.54 Å². The van der Waals surface area contributed by atoms with Gasteiger partial charge in [0, 0.05) is 25.1 Å². The Labute approximate surface area is 138 Å². The van der Waals surface area contributed by atoms with E-state index in [1.807, 2.05) is 0 Å². The van der Waals surface area contributed by atoms with Crippen molar-refractivity contribution < 1.29 is 19.5 Å². The molecular weight excluding hydrogens is 314 g/mol. The summed E-state index contributed by atoms with van der Waals surface area (Å²) in [7, 11) is 0. The molecule has 1 heterocycles. The van der Waals surface area contributed by atoms with Gasteiger partial charge < -0.3 is 21.5 Å². The molecule has 9 heteroatoms. The minimum atomic E-state index is -1.00. The first kappa shape index (κ1) is 17.4. The number of benzene rings is 1. The van der Waals surface area contributed by atoms with E-state index < -0.39 is 18.0 Å². The van der Waals surface area contributed by atoms with Crippen molar-refractivity contribution in [2.45, 2.75) is 12.5 Å². The molecule has 0 radical (unpaired) electrons. The summed E-state index contributed by atoms with van der Waals surface area (Å²) in [5.74, 6) is -1.38. The lowest BCUT2D eigenvalue weighted by molar-refractivity contribution is -0.135. The fourth-order valence-electron chi connectivity index (χ4n) is 2.37. The number of carboxylic acids is 1. The third-order valence-corrected chi connectivity index (χ3v) is 3.60. The molecule has 24 heavy (non-hydrogen) atoms. The van der Waals surface area contributed by atoms with Crippen LogP contribution in [0.5, 0.6) is 0 Å². The van der Waals surface area contributed by atoms with Crippen molar-refractivity contribution in [3.63, 3.8) is 0 Å². The lowest BCUT2D eigenvalue weighted by Gasteiger charge is -2.13. The van der Waals surface area contributed by atoms with E-state index >= 15 is 0 Å². The van der Waals surface area contributed by atoms with Gasteiger partial charge in [-0.25, -0.2) is 4.79 Å². The molecule has 1 aliphatic rings. The van der Waals surface area contributed by atoms with Crippen molar-refractivity contribution in [1.82, 2.24) is 15.5 Å². The number of carbonyl (C=O) groups excluding carboxylic acids is 2. The molecule has 0 bridgehead atoms. The largest absolute Gasteiger partial charge is 0.480 e. The van der Waals surface area contributed by atoms with Crippen LogP contribution in [0.1, 0.15) is 11.1 Å². The molecule has 0 aliphatic carbocycles. The van der Waals surface area contributed by atoms with E-state index in [4.69, 9.17) is 16.2 Å². The Hall–Kier alpha value is -2.94. The molecule has 0 spiro atoms. The molecule has 2 rings (SSSR count).